The molecule has 25 heavy (non-hydrogen) atoms. The van der Waals surface area contributed by atoms with Gasteiger partial charge in [0.1, 0.15) is 18.8 Å². The Bertz CT molecular complexity index is 740. The average Bonchev–Trinajstić information content (AvgIpc) is 2.59. The molecular weight excluding hydrogens is 314 g/mol. The smallest absolute Gasteiger partial charge is 0.207 e. The van der Waals surface area contributed by atoms with Crippen molar-refractivity contribution < 1.29 is 4.74 Å². The lowest BCUT2D eigenvalue weighted by molar-refractivity contribution is 0.291. The van der Waals surface area contributed by atoms with Crippen LogP contribution in [0.5, 0.6) is 0 Å². The van der Waals surface area contributed by atoms with Crippen molar-refractivity contribution in [2.45, 2.75) is 33.7 Å². The number of anilines is 2. The van der Waals surface area contributed by atoms with E-state index in [0.29, 0.717) is 6.61 Å². The van der Waals surface area contributed by atoms with Gasteiger partial charge in [0.25, 0.3) is 0 Å². The summed E-state index contributed by atoms with van der Waals surface area (Å²) in [6.07, 6.45) is 4.83. The summed E-state index contributed by atoms with van der Waals surface area (Å²) in [4.78, 5) is 8.39. The predicted molar refractivity (Wildman–Crippen MR) is 102 cm³/mol. The molecule has 1 aromatic heterocycles. The first-order valence-electron chi connectivity index (χ1n) is 8.21. The van der Waals surface area contributed by atoms with E-state index in [1.165, 1.54) is 5.56 Å². The SMILES string of the molecule is Cc1ccc(N/C=C\C(=N)OCC(C)Nc2ncnc(C)c2C)cc1. The van der Waals surface area contributed by atoms with E-state index in [1.54, 1.807) is 18.6 Å². The van der Waals surface area contributed by atoms with Gasteiger partial charge in [0.15, 0.2) is 0 Å². The summed E-state index contributed by atoms with van der Waals surface area (Å²) in [5, 5.41) is 14.2. The maximum Gasteiger partial charge on any atom is 0.207 e. The monoisotopic (exact) mass is 339 g/mol. The molecule has 0 spiro atoms. The number of ether oxygens (including phenoxy) is 1. The molecule has 0 aliphatic heterocycles. The van der Waals surface area contributed by atoms with Crippen LogP contribution in [0.2, 0.25) is 0 Å². The predicted octanol–water partition coefficient (Wildman–Crippen LogP) is 3.82. The van der Waals surface area contributed by atoms with Crippen LogP contribution in [0, 0.1) is 26.2 Å². The number of aryl methyl sites for hydroxylation is 2. The van der Waals surface area contributed by atoms with Crippen molar-refractivity contribution in [3.8, 4) is 0 Å². The Kier molecular flexibility index (Phi) is 6.51. The standard InChI is InChI=1S/C19H25N5O/c1-13-5-7-17(8-6-13)21-10-9-18(20)25-11-14(2)24-19-15(3)16(4)22-12-23-19/h5-10,12,14,20-21H,11H2,1-4H3,(H,22,23,24)/b10-9-,20-18?. The maximum absolute atomic E-state index is 7.84. The van der Waals surface area contributed by atoms with Crippen molar-refractivity contribution >= 4 is 17.4 Å². The van der Waals surface area contributed by atoms with Crippen LogP contribution in [0.3, 0.4) is 0 Å². The maximum atomic E-state index is 7.84. The van der Waals surface area contributed by atoms with Crippen LogP contribution in [0.25, 0.3) is 0 Å². The average molecular weight is 339 g/mol. The molecule has 1 unspecified atom stereocenters. The number of hydrogen-bond donors (Lipinski definition) is 3. The Morgan fingerprint density at radius 2 is 1.92 bits per heavy atom. The lowest BCUT2D eigenvalue weighted by atomic mass is 10.2. The van der Waals surface area contributed by atoms with Crippen LogP contribution in [0.4, 0.5) is 11.5 Å². The number of nitrogens with zero attached hydrogens (tertiary/aromatic N) is 2. The van der Waals surface area contributed by atoms with Gasteiger partial charge in [-0.3, -0.25) is 5.41 Å². The Morgan fingerprint density at radius 3 is 2.64 bits per heavy atom. The van der Waals surface area contributed by atoms with Gasteiger partial charge in [0.2, 0.25) is 5.90 Å². The zero-order chi connectivity index (χ0) is 18.2. The fourth-order valence-electron chi connectivity index (χ4n) is 2.09. The summed E-state index contributed by atoms with van der Waals surface area (Å²) in [6.45, 7) is 8.33. The molecule has 132 valence electrons. The summed E-state index contributed by atoms with van der Waals surface area (Å²) >= 11 is 0. The van der Waals surface area contributed by atoms with E-state index in [1.807, 2.05) is 52.0 Å². The quantitative estimate of drug-likeness (QED) is 0.527. The first-order chi connectivity index (χ1) is 12.0. The Balaban J connectivity index is 1.76. The van der Waals surface area contributed by atoms with Crippen LogP contribution in [0.15, 0.2) is 42.9 Å². The Morgan fingerprint density at radius 1 is 1.20 bits per heavy atom. The zero-order valence-electron chi connectivity index (χ0n) is 15.1. The van der Waals surface area contributed by atoms with Gasteiger partial charge in [-0.15, -0.1) is 0 Å². The van der Waals surface area contributed by atoms with Crippen molar-refractivity contribution in [3.05, 3.63) is 59.7 Å². The minimum atomic E-state index is 0.0202. The minimum absolute atomic E-state index is 0.0202. The van der Waals surface area contributed by atoms with E-state index in [4.69, 9.17) is 10.1 Å². The highest BCUT2D eigenvalue weighted by atomic mass is 16.5. The van der Waals surface area contributed by atoms with E-state index >= 15 is 0 Å². The highest BCUT2D eigenvalue weighted by molar-refractivity contribution is 5.85. The molecule has 0 bridgehead atoms. The van der Waals surface area contributed by atoms with Crippen molar-refractivity contribution in [1.29, 1.82) is 5.41 Å². The number of hydrogen-bond acceptors (Lipinski definition) is 6. The first-order valence-corrected chi connectivity index (χ1v) is 8.21. The number of aromatic nitrogens is 2. The highest BCUT2D eigenvalue weighted by Gasteiger charge is 2.08. The van der Waals surface area contributed by atoms with Crippen molar-refractivity contribution in [2.24, 2.45) is 0 Å². The van der Waals surface area contributed by atoms with Gasteiger partial charge in [-0.25, -0.2) is 9.97 Å². The van der Waals surface area contributed by atoms with Gasteiger partial charge < -0.3 is 15.4 Å². The summed E-state index contributed by atoms with van der Waals surface area (Å²) in [6, 6.07) is 8.06. The van der Waals surface area contributed by atoms with Crippen molar-refractivity contribution in [1.82, 2.24) is 9.97 Å². The summed E-state index contributed by atoms with van der Waals surface area (Å²) in [5.74, 6) is 0.899. The van der Waals surface area contributed by atoms with Crippen LogP contribution < -0.4 is 10.6 Å². The lowest BCUT2D eigenvalue weighted by Crippen LogP contribution is -2.24. The van der Waals surface area contributed by atoms with Crippen molar-refractivity contribution in [2.75, 3.05) is 17.2 Å². The van der Waals surface area contributed by atoms with E-state index in [2.05, 4.69) is 20.6 Å². The van der Waals surface area contributed by atoms with Crippen LogP contribution in [-0.4, -0.2) is 28.5 Å². The van der Waals surface area contributed by atoms with Crippen LogP contribution in [0.1, 0.15) is 23.7 Å². The topological polar surface area (TPSA) is 82.9 Å². The molecule has 0 saturated carbocycles. The molecule has 6 nitrogen and oxygen atoms in total. The minimum Gasteiger partial charge on any atom is -0.476 e. The van der Waals surface area contributed by atoms with Gasteiger partial charge in [-0.05, 0) is 39.8 Å². The fourth-order valence-corrected chi connectivity index (χ4v) is 2.09. The highest BCUT2D eigenvalue weighted by Crippen LogP contribution is 2.13. The molecule has 1 heterocycles. The second kappa shape index (κ2) is 8.82. The van der Waals surface area contributed by atoms with Gasteiger partial charge in [0, 0.05) is 29.2 Å². The number of benzene rings is 1. The molecule has 0 aliphatic carbocycles. The fraction of sp³-hybridized carbons (Fsp3) is 0.316. The van der Waals surface area contributed by atoms with Gasteiger partial charge in [-0.1, -0.05) is 17.7 Å². The molecule has 0 saturated heterocycles. The van der Waals surface area contributed by atoms with E-state index < -0.39 is 0 Å². The van der Waals surface area contributed by atoms with Gasteiger partial charge >= 0.3 is 0 Å². The molecule has 3 N–H and O–H groups in total. The van der Waals surface area contributed by atoms with Crippen LogP contribution in [-0.2, 0) is 4.74 Å². The molecule has 0 aliphatic rings. The normalized spacial score (nSPS) is 12.0. The van der Waals surface area contributed by atoms with Crippen LogP contribution >= 0.6 is 0 Å². The van der Waals surface area contributed by atoms with Crippen molar-refractivity contribution in [3.63, 3.8) is 0 Å². The largest absolute Gasteiger partial charge is 0.476 e. The third-order valence-corrected chi connectivity index (χ3v) is 3.74. The molecule has 0 fully saturated rings. The third kappa shape index (κ3) is 5.91. The van der Waals surface area contributed by atoms with Gasteiger partial charge in [-0.2, -0.15) is 0 Å². The molecule has 0 amide bonds. The molecule has 6 heteroatoms. The second-order valence-electron chi connectivity index (χ2n) is 6.00. The molecule has 2 rings (SSSR count). The van der Waals surface area contributed by atoms with Gasteiger partial charge in [0.05, 0.1) is 6.04 Å². The van der Waals surface area contributed by atoms with E-state index in [-0.39, 0.29) is 11.9 Å². The van der Waals surface area contributed by atoms with E-state index in [0.717, 1.165) is 22.8 Å². The zero-order valence-corrected chi connectivity index (χ0v) is 15.1. The molecule has 1 aromatic carbocycles. The second-order valence-corrected chi connectivity index (χ2v) is 6.00. The molecular formula is C19H25N5O. The number of rotatable bonds is 7. The summed E-state index contributed by atoms with van der Waals surface area (Å²) in [7, 11) is 0. The van der Waals surface area contributed by atoms with E-state index in [9.17, 15) is 0 Å². The lowest BCUT2D eigenvalue weighted by Gasteiger charge is -2.16. The molecule has 2 aromatic rings. The summed E-state index contributed by atoms with van der Waals surface area (Å²) in [5.41, 5.74) is 4.15. The molecule has 1 atom stereocenters. The Labute approximate surface area is 148 Å². The summed E-state index contributed by atoms with van der Waals surface area (Å²) < 4.78 is 5.45. The third-order valence-electron chi connectivity index (χ3n) is 3.74. The Hall–Kier alpha value is -2.89. The first kappa shape index (κ1) is 18.4. The number of nitrogens with one attached hydrogen (secondary N) is 3. The molecule has 0 radical (unpaired) electrons.